The van der Waals surface area contributed by atoms with Gasteiger partial charge < -0.3 is 23.2 Å². The zero-order chi connectivity index (χ0) is 22.1. The minimum atomic E-state index is -0.956. The Labute approximate surface area is 176 Å². The van der Waals surface area contributed by atoms with Gasteiger partial charge in [-0.15, -0.1) is 0 Å². The third kappa shape index (κ3) is 3.87. The predicted molar refractivity (Wildman–Crippen MR) is 106 cm³/mol. The molecule has 31 heavy (non-hydrogen) atoms. The molecule has 3 aromatic rings. The molecular weight excluding hydrogens is 408 g/mol. The number of hydrogen-bond acceptors (Lipinski definition) is 8. The van der Waals surface area contributed by atoms with Gasteiger partial charge in [0.05, 0.1) is 6.07 Å². The van der Waals surface area contributed by atoms with E-state index in [4.69, 9.17) is 18.6 Å². The Balaban J connectivity index is 1.50. The molecule has 0 amide bonds. The summed E-state index contributed by atoms with van der Waals surface area (Å²) >= 11 is 0. The van der Waals surface area contributed by atoms with Crippen LogP contribution in [0.1, 0.15) is 32.3 Å². The van der Waals surface area contributed by atoms with Crippen molar-refractivity contribution in [1.29, 1.82) is 0 Å². The number of ketones is 1. The molecule has 1 aliphatic heterocycles. The van der Waals surface area contributed by atoms with E-state index in [1.807, 2.05) is 29.7 Å². The van der Waals surface area contributed by atoms with Crippen molar-refractivity contribution < 1.29 is 33.1 Å². The minimum Gasteiger partial charge on any atom is -0.486 e. The number of nitro groups is 1. The van der Waals surface area contributed by atoms with Crippen molar-refractivity contribution in [2.24, 2.45) is 0 Å². The van der Waals surface area contributed by atoms with Crippen LogP contribution in [-0.2, 0) is 4.74 Å². The Morgan fingerprint density at radius 3 is 2.55 bits per heavy atom. The van der Waals surface area contributed by atoms with Crippen molar-refractivity contribution in [3.63, 3.8) is 0 Å². The number of nitrogens with zero attached hydrogens (tertiary/aromatic N) is 2. The summed E-state index contributed by atoms with van der Waals surface area (Å²) in [6.45, 7) is 4.08. The lowest BCUT2D eigenvalue weighted by atomic mass is 10.1. The Morgan fingerprint density at radius 1 is 1.10 bits per heavy atom. The second-order valence-corrected chi connectivity index (χ2v) is 6.84. The molecule has 4 rings (SSSR count). The van der Waals surface area contributed by atoms with Gasteiger partial charge in [0.25, 0.3) is 0 Å². The lowest BCUT2D eigenvalue weighted by Crippen LogP contribution is -2.16. The highest BCUT2D eigenvalue weighted by atomic mass is 16.7. The Kier molecular flexibility index (Phi) is 5.20. The van der Waals surface area contributed by atoms with Crippen molar-refractivity contribution in [3.8, 4) is 17.2 Å². The molecule has 2 aromatic heterocycles. The standard InChI is InChI=1S/C21H18N2O8/c1-12-9-15(16(24)11-30-21(25)18-5-6-20(31-18)23(26)27)13(2)22(12)14-3-4-17-19(10-14)29-8-7-28-17/h3-6,9-10H,7-8,11H2,1-2H3. The molecule has 1 aromatic carbocycles. The number of ether oxygens (including phenoxy) is 3. The van der Waals surface area contributed by atoms with Crippen LogP contribution in [0.2, 0.25) is 0 Å². The molecule has 0 N–H and O–H groups in total. The normalized spacial score (nSPS) is 12.5. The highest BCUT2D eigenvalue weighted by molar-refractivity contribution is 6.00. The fourth-order valence-electron chi connectivity index (χ4n) is 3.43. The van der Waals surface area contributed by atoms with Gasteiger partial charge in [0, 0.05) is 28.7 Å². The van der Waals surface area contributed by atoms with E-state index < -0.39 is 29.2 Å². The van der Waals surface area contributed by atoms with E-state index in [9.17, 15) is 19.7 Å². The number of aryl methyl sites for hydroxylation is 1. The van der Waals surface area contributed by atoms with E-state index >= 15 is 0 Å². The van der Waals surface area contributed by atoms with Gasteiger partial charge in [-0.2, -0.15) is 0 Å². The largest absolute Gasteiger partial charge is 0.486 e. The number of carbonyl (C=O) groups excluding carboxylic acids is 2. The second-order valence-electron chi connectivity index (χ2n) is 6.84. The number of esters is 1. The molecule has 0 fully saturated rings. The summed E-state index contributed by atoms with van der Waals surface area (Å²) in [5.41, 5.74) is 2.68. The van der Waals surface area contributed by atoms with Gasteiger partial charge in [-0.05, 0) is 38.1 Å². The Hall–Kier alpha value is -4.08. The fraction of sp³-hybridized carbons (Fsp3) is 0.238. The van der Waals surface area contributed by atoms with Gasteiger partial charge >= 0.3 is 11.9 Å². The number of aromatic nitrogens is 1. The van der Waals surface area contributed by atoms with Gasteiger partial charge in [-0.25, -0.2) is 4.79 Å². The topological polar surface area (TPSA) is 123 Å². The number of furan rings is 1. The van der Waals surface area contributed by atoms with Crippen LogP contribution in [0.15, 0.2) is 40.8 Å². The summed E-state index contributed by atoms with van der Waals surface area (Å²) in [6, 6.07) is 9.39. The number of rotatable bonds is 6. The SMILES string of the molecule is Cc1cc(C(=O)COC(=O)c2ccc([N+](=O)[O-])o2)c(C)n1-c1ccc2c(c1)OCCO2. The third-order valence-corrected chi connectivity index (χ3v) is 4.82. The molecule has 0 spiro atoms. The minimum absolute atomic E-state index is 0.346. The average molecular weight is 426 g/mol. The van der Waals surface area contributed by atoms with Gasteiger partial charge in [0.15, 0.2) is 18.1 Å². The molecular formula is C21H18N2O8. The van der Waals surface area contributed by atoms with E-state index in [0.29, 0.717) is 36.0 Å². The van der Waals surface area contributed by atoms with Crippen LogP contribution in [0, 0.1) is 24.0 Å². The second kappa shape index (κ2) is 7.98. The van der Waals surface area contributed by atoms with Crippen molar-refractivity contribution in [2.75, 3.05) is 19.8 Å². The molecule has 10 heteroatoms. The molecule has 0 saturated carbocycles. The van der Waals surface area contributed by atoms with Crippen molar-refractivity contribution in [2.45, 2.75) is 13.8 Å². The molecule has 0 radical (unpaired) electrons. The van der Waals surface area contributed by atoms with Crippen LogP contribution < -0.4 is 9.47 Å². The number of hydrogen-bond donors (Lipinski definition) is 0. The van der Waals surface area contributed by atoms with Crippen molar-refractivity contribution >= 4 is 17.6 Å². The van der Waals surface area contributed by atoms with Crippen LogP contribution in [-0.4, -0.2) is 41.1 Å². The molecule has 0 bridgehead atoms. The molecule has 0 unspecified atom stereocenters. The monoisotopic (exact) mass is 426 g/mol. The molecule has 3 heterocycles. The molecule has 0 atom stereocenters. The van der Waals surface area contributed by atoms with E-state index in [1.54, 1.807) is 13.0 Å². The Morgan fingerprint density at radius 2 is 1.84 bits per heavy atom. The summed E-state index contributed by atoms with van der Waals surface area (Å²) in [6.07, 6.45) is 0. The zero-order valence-corrected chi connectivity index (χ0v) is 16.7. The first-order valence-corrected chi connectivity index (χ1v) is 9.38. The maximum absolute atomic E-state index is 12.7. The summed E-state index contributed by atoms with van der Waals surface area (Å²) < 4.78 is 22.8. The van der Waals surface area contributed by atoms with E-state index in [1.165, 1.54) is 0 Å². The van der Waals surface area contributed by atoms with E-state index in [-0.39, 0.29) is 5.76 Å². The van der Waals surface area contributed by atoms with Crippen molar-refractivity contribution in [1.82, 2.24) is 4.57 Å². The first-order valence-electron chi connectivity index (χ1n) is 9.38. The lowest BCUT2D eigenvalue weighted by Gasteiger charge is -2.20. The predicted octanol–water partition coefficient (Wildman–Crippen LogP) is 3.41. The van der Waals surface area contributed by atoms with Gasteiger partial charge in [-0.3, -0.25) is 14.9 Å². The van der Waals surface area contributed by atoms with E-state index in [0.717, 1.165) is 23.5 Å². The number of benzene rings is 1. The van der Waals surface area contributed by atoms with Gasteiger partial charge in [-0.1, -0.05) is 0 Å². The quantitative estimate of drug-likeness (QED) is 0.254. The summed E-state index contributed by atoms with van der Waals surface area (Å²) in [7, 11) is 0. The fourth-order valence-corrected chi connectivity index (χ4v) is 3.43. The number of carbonyl (C=O) groups is 2. The molecule has 0 aliphatic carbocycles. The maximum Gasteiger partial charge on any atom is 0.433 e. The number of Topliss-reactive ketones (excluding diaryl/α,β-unsaturated/α-hetero) is 1. The molecule has 1 aliphatic rings. The average Bonchev–Trinajstić information content (AvgIpc) is 3.36. The van der Waals surface area contributed by atoms with Crippen LogP contribution in [0.4, 0.5) is 5.88 Å². The lowest BCUT2D eigenvalue weighted by molar-refractivity contribution is -0.402. The van der Waals surface area contributed by atoms with Gasteiger partial charge in [0.2, 0.25) is 11.5 Å². The summed E-state index contributed by atoms with van der Waals surface area (Å²) in [5, 5.41) is 10.6. The van der Waals surface area contributed by atoms with Crippen LogP contribution >= 0.6 is 0 Å². The smallest absolute Gasteiger partial charge is 0.433 e. The third-order valence-electron chi connectivity index (χ3n) is 4.82. The number of fused-ring (bicyclic) bond motifs is 1. The maximum atomic E-state index is 12.7. The van der Waals surface area contributed by atoms with Crippen molar-refractivity contribution in [3.05, 3.63) is 69.2 Å². The zero-order valence-electron chi connectivity index (χ0n) is 16.7. The highest BCUT2D eigenvalue weighted by Crippen LogP contribution is 2.33. The van der Waals surface area contributed by atoms with Crippen LogP contribution in [0.3, 0.4) is 0 Å². The van der Waals surface area contributed by atoms with Crippen LogP contribution in [0.5, 0.6) is 11.5 Å². The molecule has 10 nitrogen and oxygen atoms in total. The first-order chi connectivity index (χ1) is 14.8. The molecule has 0 saturated heterocycles. The first kappa shape index (κ1) is 20.2. The summed E-state index contributed by atoms with van der Waals surface area (Å²) in [4.78, 5) is 34.6. The summed E-state index contributed by atoms with van der Waals surface area (Å²) in [5.74, 6) is -1.000. The van der Waals surface area contributed by atoms with Crippen LogP contribution in [0.25, 0.3) is 5.69 Å². The molecule has 160 valence electrons. The Bertz CT molecular complexity index is 1190. The van der Waals surface area contributed by atoms with Gasteiger partial charge in [0.1, 0.15) is 18.1 Å². The highest BCUT2D eigenvalue weighted by Gasteiger charge is 2.22. The van der Waals surface area contributed by atoms with E-state index in [2.05, 4.69) is 0 Å².